The van der Waals surface area contributed by atoms with Crippen LogP contribution < -0.4 is 0 Å². The van der Waals surface area contributed by atoms with Crippen LogP contribution in [-0.2, 0) is 4.79 Å². The minimum absolute atomic E-state index is 0.0366. The van der Waals surface area contributed by atoms with Crippen molar-refractivity contribution < 1.29 is 9.59 Å². The Labute approximate surface area is 149 Å². The van der Waals surface area contributed by atoms with Crippen LogP contribution in [0.25, 0.3) is 0 Å². The van der Waals surface area contributed by atoms with Gasteiger partial charge in [0, 0.05) is 23.8 Å². The lowest BCUT2D eigenvalue weighted by molar-refractivity contribution is -0.144. The van der Waals surface area contributed by atoms with E-state index in [4.69, 9.17) is 0 Å². The zero-order valence-corrected chi connectivity index (χ0v) is 14.6. The van der Waals surface area contributed by atoms with E-state index in [1.165, 1.54) is 19.3 Å². The summed E-state index contributed by atoms with van der Waals surface area (Å²) in [5.74, 6) is 1.91. The van der Waals surface area contributed by atoms with Crippen molar-refractivity contribution >= 4 is 11.6 Å². The summed E-state index contributed by atoms with van der Waals surface area (Å²) in [6.07, 6.45) is 7.41. The molecular formula is C22H25NO2. The van der Waals surface area contributed by atoms with Gasteiger partial charge in [-0.2, -0.15) is 5.26 Å². The van der Waals surface area contributed by atoms with E-state index in [1.54, 1.807) is 12.1 Å². The average Bonchev–Trinajstić information content (AvgIpc) is 2.60. The second-order valence-electron chi connectivity index (χ2n) is 8.64. The molecule has 3 nitrogen and oxygen atoms in total. The molecular weight excluding hydrogens is 310 g/mol. The van der Waals surface area contributed by atoms with E-state index in [9.17, 15) is 14.9 Å². The third kappa shape index (κ3) is 3.15. The number of carbonyl (C=O) groups excluding carboxylic acids is 2. The van der Waals surface area contributed by atoms with Crippen molar-refractivity contribution in [1.82, 2.24) is 0 Å². The largest absolute Gasteiger partial charge is 0.299 e. The van der Waals surface area contributed by atoms with Crippen molar-refractivity contribution in [2.24, 2.45) is 29.1 Å². The van der Waals surface area contributed by atoms with Gasteiger partial charge < -0.3 is 0 Å². The van der Waals surface area contributed by atoms with Crippen molar-refractivity contribution in [3.05, 3.63) is 35.9 Å². The molecule has 4 saturated carbocycles. The van der Waals surface area contributed by atoms with Gasteiger partial charge in [0.15, 0.2) is 5.78 Å². The highest BCUT2D eigenvalue weighted by molar-refractivity contribution is 5.96. The molecule has 0 aromatic heterocycles. The molecule has 0 spiro atoms. The molecule has 3 heteroatoms. The van der Waals surface area contributed by atoms with Crippen molar-refractivity contribution in [3.63, 3.8) is 0 Å². The number of hydrogen-bond acceptors (Lipinski definition) is 3. The van der Waals surface area contributed by atoms with Gasteiger partial charge in [0.05, 0.1) is 12.0 Å². The molecule has 0 aliphatic heterocycles. The van der Waals surface area contributed by atoms with Crippen LogP contribution >= 0.6 is 0 Å². The summed E-state index contributed by atoms with van der Waals surface area (Å²) in [5, 5.41) is 9.50. The second-order valence-corrected chi connectivity index (χ2v) is 8.64. The van der Waals surface area contributed by atoms with E-state index in [2.05, 4.69) is 6.07 Å². The van der Waals surface area contributed by atoms with Gasteiger partial charge in [-0.05, 0) is 56.3 Å². The lowest BCUT2D eigenvalue weighted by Crippen LogP contribution is -2.50. The fraction of sp³-hybridized carbons (Fsp3) is 0.591. The number of benzene rings is 1. The highest BCUT2D eigenvalue weighted by Crippen LogP contribution is 2.60. The summed E-state index contributed by atoms with van der Waals surface area (Å²) in [6.45, 7) is 0. The van der Waals surface area contributed by atoms with Crippen molar-refractivity contribution in [2.45, 2.75) is 51.4 Å². The molecule has 1 unspecified atom stereocenters. The van der Waals surface area contributed by atoms with Crippen molar-refractivity contribution in [2.75, 3.05) is 0 Å². The summed E-state index contributed by atoms with van der Waals surface area (Å²) in [7, 11) is 0. The third-order valence-corrected chi connectivity index (χ3v) is 6.77. The van der Waals surface area contributed by atoms with Gasteiger partial charge in [-0.15, -0.1) is 0 Å². The van der Waals surface area contributed by atoms with Crippen molar-refractivity contribution in [1.29, 1.82) is 5.26 Å². The minimum Gasteiger partial charge on any atom is -0.299 e. The maximum absolute atomic E-state index is 13.1. The lowest BCUT2D eigenvalue weighted by atomic mass is 9.48. The molecule has 0 saturated heterocycles. The average molecular weight is 335 g/mol. The summed E-state index contributed by atoms with van der Waals surface area (Å²) in [5.41, 5.74) is 0.463. The normalized spacial score (nSPS) is 33.6. The van der Waals surface area contributed by atoms with Gasteiger partial charge in [-0.25, -0.2) is 0 Å². The Balaban J connectivity index is 1.43. The second kappa shape index (κ2) is 6.41. The molecule has 0 heterocycles. The topological polar surface area (TPSA) is 57.9 Å². The predicted molar refractivity (Wildman–Crippen MR) is 94.7 cm³/mol. The van der Waals surface area contributed by atoms with Gasteiger partial charge in [0.2, 0.25) is 0 Å². The first-order chi connectivity index (χ1) is 12.1. The predicted octanol–water partition coefficient (Wildman–Crippen LogP) is 4.57. The van der Waals surface area contributed by atoms with Crippen LogP contribution in [0.2, 0.25) is 0 Å². The molecule has 4 fully saturated rings. The van der Waals surface area contributed by atoms with Crippen LogP contribution in [0.5, 0.6) is 0 Å². The number of nitriles is 1. The van der Waals surface area contributed by atoms with E-state index in [0.29, 0.717) is 5.56 Å². The van der Waals surface area contributed by atoms with Crippen LogP contribution in [-0.4, -0.2) is 11.6 Å². The molecule has 4 bridgehead atoms. The van der Waals surface area contributed by atoms with Gasteiger partial charge >= 0.3 is 0 Å². The molecule has 25 heavy (non-hydrogen) atoms. The fourth-order valence-corrected chi connectivity index (χ4v) is 6.02. The van der Waals surface area contributed by atoms with Crippen LogP contribution in [0.3, 0.4) is 0 Å². The third-order valence-electron chi connectivity index (χ3n) is 6.77. The molecule has 4 aliphatic rings. The molecule has 5 rings (SSSR count). The lowest BCUT2D eigenvalue weighted by Gasteiger charge is -2.56. The quantitative estimate of drug-likeness (QED) is 0.715. The van der Waals surface area contributed by atoms with Crippen LogP contribution in [0.1, 0.15) is 61.7 Å². The summed E-state index contributed by atoms with van der Waals surface area (Å²) >= 11 is 0. The number of hydrogen-bond donors (Lipinski definition) is 0. The highest BCUT2D eigenvalue weighted by atomic mass is 16.1. The number of Topliss-reactive ketones (excluding diaryl/α,β-unsaturated/α-hetero) is 2. The van der Waals surface area contributed by atoms with E-state index in [1.807, 2.05) is 18.2 Å². The van der Waals surface area contributed by atoms with Crippen LogP contribution in [0.15, 0.2) is 30.3 Å². The van der Waals surface area contributed by atoms with Crippen LogP contribution in [0, 0.1) is 40.4 Å². The number of carbonyl (C=O) groups is 2. The number of ketones is 2. The number of nitrogens with zero attached hydrogens (tertiary/aromatic N) is 1. The Morgan fingerprint density at radius 1 is 1.00 bits per heavy atom. The number of rotatable bonds is 6. The first kappa shape index (κ1) is 16.5. The van der Waals surface area contributed by atoms with Gasteiger partial charge in [-0.3, -0.25) is 9.59 Å². The van der Waals surface area contributed by atoms with Gasteiger partial charge in [-0.1, -0.05) is 30.3 Å². The molecule has 1 aromatic rings. The Hall–Kier alpha value is -1.95. The highest BCUT2D eigenvalue weighted by Gasteiger charge is 2.54. The molecule has 1 atom stereocenters. The van der Waals surface area contributed by atoms with E-state index in [-0.39, 0.29) is 29.8 Å². The molecule has 4 aliphatic carbocycles. The maximum atomic E-state index is 13.1. The first-order valence-corrected chi connectivity index (χ1v) is 9.59. The Morgan fingerprint density at radius 3 is 2.08 bits per heavy atom. The minimum atomic E-state index is -0.492. The SMILES string of the molecule is N#CC(CC(=O)c1ccccc1)CC(=O)C12CC3CC(CC(C3)C1)C2. The standard InChI is InChI=1S/C22H25NO2/c23-14-18(9-20(24)19-4-2-1-3-5-19)10-21(25)22-11-15-6-16(12-22)8-17(7-15)13-22/h1-5,15-18H,6-13H2. The van der Waals surface area contributed by atoms with Crippen molar-refractivity contribution in [3.8, 4) is 6.07 Å². The van der Waals surface area contributed by atoms with E-state index < -0.39 is 5.92 Å². The Bertz CT molecular complexity index is 680. The molecule has 0 amide bonds. The smallest absolute Gasteiger partial charge is 0.164 e. The molecule has 0 N–H and O–H groups in total. The maximum Gasteiger partial charge on any atom is 0.164 e. The summed E-state index contributed by atoms with van der Waals surface area (Å²) in [4.78, 5) is 25.5. The zero-order chi connectivity index (χ0) is 17.4. The molecule has 130 valence electrons. The Morgan fingerprint density at radius 2 is 1.56 bits per heavy atom. The summed E-state index contributed by atoms with van der Waals surface area (Å²) < 4.78 is 0. The van der Waals surface area contributed by atoms with E-state index in [0.717, 1.165) is 37.0 Å². The van der Waals surface area contributed by atoms with Gasteiger partial charge in [0.1, 0.15) is 5.78 Å². The summed E-state index contributed by atoms with van der Waals surface area (Å²) in [6, 6.07) is 11.3. The molecule has 0 radical (unpaired) electrons. The van der Waals surface area contributed by atoms with E-state index >= 15 is 0 Å². The fourth-order valence-electron chi connectivity index (χ4n) is 6.02. The van der Waals surface area contributed by atoms with Crippen LogP contribution in [0.4, 0.5) is 0 Å². The zero-order valence-electron chi connectivity index (χ0n) is 14.6. The molecule has 1 aromatic carbocycles. The Kier molecular flexibility index (Phi) is 4.23. The monoisotopic (exact) mass is 335 g/mol. The first-order valence-electron chi connectivity index (χ1n) is 9.59. The van der Waals surface area contributed by atoms with Gasteiger partial charge in [0.25, 0.3) is 0 Å².